The van der Waals surface area contributed by atoms with Gasteiger partial charge in [0.1, 0.15) is 6.29 Å². The van der Waals surface area contributed by atoms with Crippen LogP contribution in [0.1, 0.15) is 75.6 Å². The monoisotopic (exact) mass is 582 g/mol. The van der Waals surface area contributed by atoms with E-state index in [1.807, 2.05) is 64.1 Å². The highest BCUT2D eigenvalue weighted by atomic mass is 19.4. The molecule has 1 N–H and O–H groups in total. The molecular formula is C35H45F3N2O2. The number of piperidine rings is 1. The van der Waals surface area contributed by atoms with Crippen LogP contribution in [0.15, 0.2) is 84.9 Å². The topological polar surface area (TPSA) is 49.4 Å². The molecule has 1 saturated heterocycles. The summed E-state index contributed by atoms with van der Waals surface area (Å²) < 4.78 is 38.9. The minimum Gasteiger partial charge on any atom is -0.357 e. The van der Waals surface area contributed by atoms with E-state index in [0.29, 0.717) is 38.0 Å². The van der Waals surface area contributed by atoms with Gasteiger partial charge in [-0.05, 0) is 74.1 Å². The van der Waals surface area contributed by atoms with Gasteiger partial charge in [0.05, 0.1) is 11.0 Å². The van der Waals surface area contributed by atoms with E-state index < -0.39 is 17.2 Å². The standard InChI is InChI=1S/C31H33F3N2O2.2C2H6/c32-31(33,34)28-14-12-25(13-15-28)29(23-37)17-20-36(21-18-29)19-7-16-30(22-35-24-38,26-8-3-1-4-9-26)27-10-5-2-6-11-27;2*1-2/h1-6,8-15,23-24H,7,16-22H2,(H,35,38);2*1-2H3. The van der Waals surface area contributed by atoms with Crippen molar-refractivity contribution in [1.29, 1.82) is 0 Å². The Balaban J connectivity index is 0.00000148. The van der Waals surface area contributed by atoms with E-state index in [0.717, 1.165) is 55.3 Å². The zero-order valence-electron chi connectivity index (χ0n) is 25.3. The van der Waals surface area contributed by atoms with Crippen LogP contribution in [-0.4, -0.2) is 43.8 Å². The Morgan fingerprint density at radius 1 is 0.762 bits per heavy atom. The second-order valence-electron chi connectivity index (χ2n) is 10.1. The van der Waals surface area contributed by atoms with Gasteiger partial charge in [0, 0.05) is 12.0 Å². The summed E-state index contributed by atoms with van der Waals surface area (Å²) in [7, 11) is 0. The maximum Gasteiger partial charge on any atom is 0.416 e. The van der Waals surface area contributed by atoms with Gasteiger partial charge in [-0.25, -0.2) is 0 Å². The van der Waals surface area contributed by atoms with Crippen molar-refractivity contribution in [2.75, 3.05) is 26.2 Å². The predicted molar refractivity (Wildman–Crippen MR) is 165 cm³/mol. The zero-order chi connectivity index (χ0) is 31.1. The highest BCUT2D eigenvalue weighted by Crippen LogP contribution is 2.38. The lowest BCUT2D eigenvalue weighted by atomic mass is 9.71. The van der Waals surface area contributed by atoms with E-state index in [2.05, 4.69) is 34.5 Å². The van der Waals surface area contributed by atoms with Gasteiger partial charge in [0.25, 0.3) is 0 Å². The van der Waals surface area contributed by atoms with Gasteiger partial charge in [-0.3, -0.25) is 4.79 Å². The number of amides is 1. The number of alkyl halides is 3. The van der Waals surface area contributed by atoms with Gasteiger partial charge in [-0.15, -0.1) is 0 Å². The smallest absolute Gasteiger partial charge is 0.357 e. The highest BCUT2D eigenvalue weighted by molar-refractivity contribution is 5.69. The quantitative estimate of drug-likeness (QED) is 0.235. The molecule has 0 radical (unpaired) electrons. The van der Waals surface area contributed by atoms with E-state index in [-0.39, 0.29) is 5.41 Å². The van der Waals surface area contributed by atoms with Gasteiger partial charge in [-0.1, -0.05) is 100 Å². The summed E-state index contributed by atoms with van der Waals surface area (Å²) in [5.74, 6) is 0. The summed E-state index contributed by atoms with van der Waals surface area (Å²) in [5, 5.41) is 2.92. The van der Waals surface area contributed by atoms with Gasteiger partial charge in [0.2, 0.25) is 6.41 Å². The molecule has 1 heterocycles. The summed E-state index contributed by atoms with van der Waals surface area (Å²) in [6, 6.07) is 25.4. The maximum absolute atomic E-state index is 13.0. The third-order valence-corrected chi connectivity index (χ3v) is 7.98. The molecule has 0 spiro atoms. The Morgan fingerprint density at radius 3 is 1.69 bits per heavy atom. The second-order valence-corrected chi connectivity index (χ2v) is 10.1. The Bertz CT molecular complexity index is 1130. The Labute approximate surface area is 249 Å². The third-order valence-electron chi connectivity index (χ3n) is 7.98. The number of likely N-dealkylation sites (tertiary alicyclic amines) is 1. The minimum absolute atomic E-state index is 0.383. The van der Waals surface area contributed by atoms with E-state index in [9.17, 15) is 22.8 Å². The van der Waals surface area contributed by atoms with Crippen molar-refractivity contribution in [3.05, 3.63) is 107 Å². The fourth-order valence-electron chi connectivity index (χ4n) is 5.72. The minimum atomic E-state index is -4.40. The molecule has 4 rings (SSSR count). The van der Waals surface area contributed by atoms with Crippen molar-refractivity contribution < 1.29 is 22.8 Å². The normalized spacial score (nSPS) is 14.8. The SMILES string of the molecule is CC.CC.O=CNCC(CCCN1CCC(C=O)(c2ccc(C(F)(F)F)cc2)CC1)(c1ccccc1)c1ccccc1. The van der Waals surface area contributed by atoms with Crippen LogP contribution in [0.25, 0.3) is 0 Å². The van der Waals surface area contributed by atoms with Crippen LogP contribution in [0.3, 0.4) is 0 Å². The molecule has 0 unspecified atom stereocenters. The summed E-state index contributed by atoms with van der Waals surface area (Å²) in [6.07, 6.45) is 0.0779. The van der Waals surface area contributed by atoms with Gasteiger partial charge in [0.15, 0.2) is 0 Å². The van der Waals surface area contributed by atoms with Crippen LogP contribution in [0, 0.1) is 0 Å². The average Bonchev–Trinajstić information content (AvgIpc) is 3.05. The van der Waals surface area contributed by atoms with Crippen LogP contribution in [-0.2, 0) is 26.6 Å². The third kappa shape index (κ3) is 8.54. The van der Waals surface area contributed by atoms with Crippen LogP contribution >= 0.6 is 0 Å². The number of nitrogens with one attached hydrogen (secondary N) is 1. The lowest BCUT2D eigenvalue weighted by molar-refractivity contribution is -0.137. The molecule has 228 valence electrons. The highest BCUT2D eigenvalue weighted by Gasteiger charge is 2.38. The molecule has 1 aliphatic heterocycles. The molecule has 0 atom stereocenters. The number of aldehydes is 1. The molecular weight excluding hydrogens is 537 g/mol. The first kappa shape index (κ1) is 34.7. The first-order valence-electron chi connectivity index (χ1n) is 15.0. The van der Waals surface area contributed by atoms with Crippen molar-refractivity contribution in [1.82, 2.24) is 10.2 Å². The van der Waals surface area contributed by atoms with E-state index in [1.165, 1.54) is 12.1 Å². The summed E-state index contributed by atoms with van der Waals surface area (Å²) in [4.78, 5) is 25.8. The van der Waals surface area contributed by atoms with Gasteiger partial charge in [-0.2, -0.15) is 13.2 Å². The summed E-state index contributed by atoms with van der Waals surface area (Å²) in [5.41, 5.74) is 1.08. The summed E-state index contributed by atoms with van der Waals surface area (Å²) >= 11 is 0. The van der Waals surface area contributed by atoms with Crippen molar-refractivity contribution in [2.24, 2.45) is 0 Å². The molecule has 42 heavy (non-hydrogen) atoms. The predicted octanol–water partition coefficient (Wildman–Crippen LogP) is 7.80. The first-order chi connectivity index (χ1) is 20.3. The molecule has 0 saturated carbocycles. The van der Waals surface area contributed by atoms with Crippen LogP contribution in [0.2, 0.25) is 0 Å². The Morgan fingerprint density at radius 2 is 1.26 bits per heavy atom. The fraction of sp³-hybridized carbons (Fsp3) is 0.429. The number of hydrogen-bond donors (Lipinski definition) is 1. The van der Waals surface area contributed by atoms with Crippen molar-refractivity contribution >= 4 is 12.7 Å². The molecule has 3 aromatic rings. The molecule has 1 amide bonds. The zero-order valence-corrected chi connectivity index (χ0v) is 25.3. The fourth-order valence-corrected chi connectivity index (χ4v) is 5.72. The molecule has 4 nitrogen and oxygen atoms in total. The van der Waals surface area contributed by atoms with Gasteiger partial charge < -0.3 is 15.0 Å². The molecule has 0 aromatic heterocycles. The van der Waals surface area contributed by atoms with E-state index in [1.54, 1.807) is 0 Å². The second kappa shape index (κ2) is 16.9. The molecule has 0 aliphatic carbocycles. The van der Waals surface area contributed by atoms with Crippen LogP contribution < -0.4 is 5.32 Å². The lowest BCUT2D eigenvalue weighted by Crippen LogP contribution is -2.44. The van der Waals surface area contributed by atoms with Crippen molar-refractivity contribution in [2.45, 2.75) is 70.4 Å². The number of carbonyl (C=O) groups is 2. The van der Waals surface area contributed by atoms with E-state index >= 15 is 0 Å². The van der Waals surface area contributed by atoms with Crippen molar-refractivity contribution in [3.8, 4) is 0 Å². The maximum atomic E-state index is 13.0. The number of benzene rings is 3. The number of rotatable bonds is 11. The van der Waals surface area contributed by atoms with E-state index in [4.69, 9.17) is 0 Å². The number of carbonyl (C=O) groups excluding carboxylic acids is 2. The largest absolute Gasteiger partial charge is 0.416 e. The van der Waals surface area contributed by atoms with Crippen LogP contribution in [0.4, 0.5) is 13.2 Å². The number of nitrogens with zero attached hydrogens (tertiary/aromatic N) is 1. The lowest BCUT2D eigenvalue weighted by Gasteiger charge is -2.40. The Hall–Kier alpha value is -3.45. The number of halogens is 3. The summed E-state index contributed by atoms with van der Waals surface area (Å²) in [6.45, 7) is 10.7. The van der Waals surface area contributed by atoms with Crippen LogP contribution in [0.5, 0.6) is 0 Å². The molecule has 0 bridgehead atoms. The Kier molecular flexibility index (Phi) is 13.9. The number of hydrogen-bond acceptors (Lipinski definition) is 3. The van der Waals surface area contributed by atoms with Gasteiger partial charge >= 0.3 is 6.18 Å². The molecule has 3 aromatic carbocycles. The molecule has 1 fully saturated rings. The first-order valence-corrected chi connectivity index (χ1v) is 15.0. The van der Waals surface area contributed by atoms with Crippen molar-refractivity contribution in [3.63, 3.8) is 0 Å². The molecule has 7 heteroatoms. The molecule has 1 aliphatic rings. The average molecular weight is 583 g/mol.